The molecule has 3 atom stereocenters. The zero-order valence-corrected chi connectivity index (χ0v) is 13.4. The molecule has 0 amide bonds. The van der Waals surface area contributed by atoms with E-state index < -0.39 is 0 Å². The number of rotatable bonds is 7. The molecular weight excluding hydrogens is 260 g/mol. The van der Waals surface area contributed by atoms with Crippen LogP contribution < -0.4 is 5.32 Å². The van der Waals surface area contributed by atoms with Gasteiger partial charge in [0, 0.05) is 19.6 Å². The summed E-state index contributed by atoms with van der Waals surface area (Å²) in [4.78, 5) is 11.4. The van der Waals surface area contributed by atoms with Gasteiger partial charge in [-0.05, 0) is 50.5 Å². The van der Waals surface area contributed by atoms with Gasteiger partial charge in [0.1, 0.15) is 5.82 Å². The molecule has 0 radical (unpaired) electrons. The first-order chi connectivity index (χ1) is 10.2. The molecule has 1 aromatic heterocycles. The second-order valence-corrected chi connectivity index (χ2v) is 6.95. The van der Waals surface area contributed by atoms with E-state index in [4.69, 9.17) is 0 Å². The Balaban J connectivity index is 1.47. The first-order valence-electron chi connectivity index (χ1n) is 8.48. The lowest BCUT2D eigenvalue weighted by molar-refractivity contribution is 0.213. The third kappa shape index (κ3) is 3.73. The van der Waals surface area contributed by atoms with Gasteiger partial charge in [-0.2, -0.15) is 0 Å². The number of nitrogens with one attached hydrogen (secondary N) is 1. The highest BCUT2D eigenvalue weighted by atomic mass is 15.1. The molecule has 0 aromatic carbocycles. The van der Waals surface area contributed by atoms with Gasteiger partial charge in [0.2, 0.25) is 0 Å². The average Bonchev–Trinajstić information content (AvgIpc) is 3.09. The fourth-order valence-corrected chi connectivity index (χ4v) is 4.12. The summed E-state index contributed by atoms with van der Waals surface area (Å²) < 4.78 is 0. The van der Waals surface area contributed by atoms with Crippen LogP contribution in [0.2, 0.25) is 0 Å². The first kappa shape index (κ1) is 14.8. The molecule has 1 heterocycles. The fourth-order valence-electron chi connectivity index (χ4n) is 4.12. The molecule has 3 rings (SSSR count). The van der Waals surface area contributed by atoms with E-state index in [-0.39, 0.29) is 0 Å². The summed E-state index contributed by atoms with van der Waals surface area (Å²) in [7, 11) is 2.22. The Morgan fingerprint density at radius 1 is 1.24 bits per heavy atom. The Bertz CT molecular complexity index is 445. The topological polar surface area (TPSA) is 41.1 Å². The van der Waals surface area contributed by atoms with E-state index in [0.29, 0.717) is 0 Å². The van der Waals surface area contributed by atoms with Crippen LogP contribution in [0.4, 0.5) is 5.82 Å². The van der Waals surface area contributed by atoms with E-state index in [1.165, 1.54) is 32.2 Å². The molecule has 21 heavy (non-hydrogen) atoms. The zero-order chi connectivity index (χ0) is 14.7. The third-order valence-electron chi connectivity index (χ3n) is 5.12. The lowest BCUT2D eigenvalue weighted by atomic mass is 9.88. The van der Waals surface area contributed by atoms with Crippen molar-refractivity contribution in [3.8, 4) is 0 Å². The van der Waals surface area contributed by atoms with Crippen LogP contribution in [0.25, 0.3) is 0 Å². The number of hydrogen-bond acceptors (Lipinski definition) is 4. The van der Waals surface area contributed by atoms with Gasteiger partial charge in [0.05, 0.1) is 18.1 Å². The predicted octanol–water partition coefficient (Wildman–Crippen LogP) is 3.17. The van der Waals surface area contributed by atoms with E-state index >= 15 is 0 Å². The molecule has 116 valence electrons. The van der Waals surface area contributed by atoms with E-state index in [0.717, 1.165) is 48.8 Å². The highest BCUT2D eigenvalue weighted by molar-refractivity contribution is 5.30. The van der Waals surface area contributed by atoms with E-state index in [1.54, 1.807) is 0 Å². The third-order valence-corrected chi connectivity index (χ3v) is 5.12. The summed E-state index contributed by atoms with van der Waals surface area (Å²) in [5.74, 6) is 3.85. The second-order valence-electron chi connectivity index (χ2n) is 6.95. The van der Waals surface area contributed by atoms with Crippen LogP contribution in [-0.4, -0.2) is 35.0 Å². The summed E-state index contributed by atoms with van der Waals surface area (Å²) in [6, 6.07) is 0. The number of aromatic nitrogens is 2. The maximum atomic E-state index is 4.53. The molecule has 2 fully saturated rings. The standard InChI is InChI=1S/C17H28N4/c1-3-6-18-17-10-19-16(9-20-17)12-21(2)11-15-8-13-4-5-14(15)7-13/h9-10,13-15H,3-8,11-12H2,1-2H3,(H,18,20). The molecular formula is C17H28N4. The highest BCUT2D eigenvalue weighted by Gasteiger charge is 2.39. The second kappa shape index (κ2) is 6.73. The number of nitrogens with zero attached hydrogens (tertiary/aromatic N) is 3. The summed E-state index contributed by atoms with van der Waals surface area (Å²) in [6.07, 6.45) is 10.8. The largest absolute Gasteiger partial charge is 0.369 e. The van der Waals surface area contributed by atoms with Crippen molar-refractivity contribution in [2.75, 3.05) is 25.5 Å². The minimum Gasteiger partial charge on any atom is -0.369 e. The van der Waals surface area contributed by atoms with Gasteiger partial charge in [0.15, 0.2) is 0 Å². The van der Waals surface area contributed by atoms with Crippen molar-refractivity contribution in [2.24, 2.45) is 17.8 Å². The molecule has 3 unspecified atom stereocenters. The normalized spacial score (nSPS) is 27.5. The maximum Gasteiger partial charge on any atom is 0.144 e. The van der Waals surface area contributed by atoms with Crippen LogP contribution >= 0.6 is 0 Å². The molecule has 0 spiro atoms. The van der Waals surface area contributed by atoms with Crippen LogP contribution in [0.1, 0.15) is 44.7 Å². The van der Waals surface area contributed by atoms with E-state index in [2.05, 4.69) is 34.2 Å². The quantitative estimate of drug-likeness (QED) is 0.836. The van der Waals surface area contributed by atoms with Gasteiger partial charge in [0.25, 0.3) is 0 Å². The molecule has 0 aliphatic heterocycles. The van der Waals surface area contributed by atoms with Crippen molar-refractivity contribution in [3.05, 3.63) is 18.1 Å². The first-order valence-corrected chi connectivity index (χ1v) is 8.48. The molecule has 2 saturated carbocycles. The predicted molar refractivity (Wildman–Crippen MR) is 86.1 cm³/mol. The Morgan fingerprint density at radius 3 is 2.76 bits per heavy atom. The monoisotopic (exact) mass is 288 g/mol. The number of fused-ring (bicyclic) bond motifs is 2. The van der Waals surface area contributed by atoms with Gasteiger partial charge >= 0.3 is 0 Å². The smallest absolute Gasteiger partial charge is 0.144 e. The maximum absolute atomic E-state index is 4.53. The van der Waals surface area contributed by atoms with Crippen molar-refractivity contribution in [2.45, 2.75) is 45.6 Å². The van der Waals surface area contributed by atoms with Crippen LogP contribution in [0.15, 0.2) is 12.4 Å². The Hall–Kier alpha value is -1.16. The van der Waals surface area contributed by atoms with Crippen LogP contribution in [0.3, 0.4) is 0 Å². The highest BCUT2D eigenvalue weighted by Crippen LogP contribution is 2.48. The summed E-state index contributed by atoms with van der Waals surface area (Å²) in [5.41, 5.74) is 1.07. The van der Waals surface area contributed by atoms with Gasteiger partial charge < -0.3 is 10.2 Å². The lowest BCUT2D eigenvalue weighted by Gasteiger charge is -2.26. The zero-order valence-electron chi connectivity index (χ0n) is 13.4. The van der Waals surface area contributed by atoms with Crippen LogP contribution in [-0.2, 0) is 6.54 Å². The Kier molecular flexibility index (Phi) is 4.73. The molecule has 2 bridgehead atoms. The molecule has 1 aromatic rings. The summed E-state index contributed by atoms with van der Waals surface area (Å²) >= 11 is 0. The summed E-state index contributed by atoms with van der Waals surface area (Å²) in [5, 5.41) is 3.26. The van der Waals surface area contributed by atoms with Crippen molar-refractivity contribution in [3.63, 3.8) is 0 Å². The fraction of sp³-hybridized carbons (Fsp3) is 0.765. The van der Waals surface area contributed by atoms with Crippen molar-refractivity contribution in [1.29, 1.82) is 0 Å². The van der Waals surface area contributed by atoms with Crippen LogP contribution in [0, 0.1) is 17.8 Å². The van der Waals surface area contributed by atoms with Crippen LogP contribution in [0.5, 0.6) is 0 Å². The van der Waals surface area contributed by atoms with Crippen molar-refractivity contribution in [1.82, 2.24) is 14.9 Å². The van der Waals surface area contributed by atoms with Crippen molar-refractivity contribution >= 4 is 5.82 Å². The molecule has 0 saturated heterocycles. The number of hydrogen-bond donors (Lipinski definition) is 1. The Morgan fingerprint density at radius 2 is 2.14 bits per heavy atom. The lowest BCUT2D eigenvalue weighted by Crippen LogP contribution is -2.28. The van der Waals surface area contributed by atoms with E-state index in [1.807, 2.05) is 12.4 Å². The Labute approximate surface area is 128 Å². The van der Waals surface area contributed by atoms with E-state index in [9.17, 15) is 0 Å². The molecule has 4 nitrogen and oxygen atoms in total. The van der Waals surface area contributed by atoms with Gasteiger partial charge in [-0.3, -0.25) is 4.98 Å². The molecule has 1 N–H and O–H groups in total. The van der Waals surface area contributed by atoms with Gasteiger partial charge in [-0.15, -0.1) is 0 Å². The average molecular weight is 288 g/mol. The molecule has 4 heteroatoms. The molecule has 2 aliphatic carbocycles. The van der Waals surface area contributed by atoms with Gasteiger partial charge in [-0.1, -0.05) is 13.3 Å². The number of anilines is 1. The molecule has 2 aliphatic rings. The minimum atomic E-state index is 0.886. The SMILES string of the molecule is CCCNc1cnc(CN(C)CC2CC3CCC2C3)cn1. The van der Waals surface area contributed by atoms with Gasteiger partial charge in [-0.25, -0.2) is 4.98 Å². The minimum absolute atomic E-state index is 0.886. The van der Waals surface area contributed by atoms with Crippen molar-refractivity contribution < 1.29 is 0 Å². The summed E-state index contributed by atoms with van der Waals surface area (Å²) in [6.45, 7) is 5.24.